The first kappa shape index (κ1) is 13.3. The highest BCUT2D eigenvalue weighted by atomic mass is 32.2. The van der Waals surface area contributed by atoms with Gasteiger partial charge in [-0.25, -0.2) is 4.68 Å². The maximum absolute atomic E-state index is 7.15. The van der Waals surface area contributed by atoms with Gasteiger partial charge in [-0.05, 0) is 36.1 Å². The smallest absolute Gasteiger partial charge is 0.209 e. The highest BCUT2D eigenvalue weighted by Gasteiger charge is 2.21. The minimum absolute atomic E-state index is 0.274. The molecular formula is C11H20N6S. The Hall–Kier alpha value is -1.11. The maximum atomic E-state index is 7.15. The van der Waals surface area contributed by atoms with Crippen molar-refractivity contribution in [3.63, 3.8) is 0 Å². The summed E-state index contributed by atoms with van der Waals surface area (Å²) in [5, 5.41) is 20.1. The van der Waals surface area contributed by atoms with E-state index in [0.29, 0.717) is 12.5 Å². The predicted octanol–water partition coefficient (Wildman–Crippen LogP) is 1.99. The molecule has 0 amide bonds. The highest BCUT2D eigenvalue weighted by molar-refractivity contribution is 7.99. The van der Waals surface area contributed by atoms with Crippen LogP contribution in [0.2, 0.25) is 0 Å². The van der Waals surface area contributed by atoms with Crippen LogP contribution in [0.15, 0.2) is 5.16 Å². The van der Waals surface area contributed by atoms with Gasteiger partial charge in [0.15, 0.2) is 0 Å². The molecular weight excluding hydrogens is 248 g/mol. The van der Waals surface area contributed by atoms with E-state index < -0.39 is 0 Å². The summed E-state index contributed by atoms with van der Waals surface area (Å²) in [6.45, 7) is 0. The Morgan fingerprint density at radius 1 is 1.39 bits per heavy atom. The number of amidine groups is 1. The van der Waals surface area contributed by atoms with Gasteiger partial charge in [-0.1, -0.05) is 24.6 Å². The molecule has 2 rings (SSSR count). The van der Waals surface area contributed by atoms with Crippen LogP contribution >= 0.6 is 11.8 Å². The first-order chi connectivity index (χ1) is 8.77. The second-order valence-corrected chi connectivity index (χ2v) is 5.74. The summed E-state index contributed by atoms with van der Waals surface area (Å²) >= 11 is 1.71. The van der Waals surface area contributed by atoms with Crippen LogP contribution in [0.3, 0.4) is 0 Å². The summed E-state index contributed by atoms with van der Waals surface area (Å²) in [6.07, 6.45) is 7.66. The second kappa shape index (κ2) is 6.72. The first-order valence-electron chi connectivity index (χ1n) is 6.51. The number of thioether (sulfide) groups is 1. The van der Waals surface area contributed by atoms with E-state index in [9.17, 15) is 0 Å². The monoisotopic (exact) mass is 268 g/mol. The summed E-state index contributed by atoms with van der Waals surface area (Å²) in [7, 11) is 0. The van der Waals surface area contributed by atoms with Gasteiger partial charge in [-0.15, -0.1) is 5.10 Å². The molecule has 3 N–H and O–H groups in total. The average Bonchev–Trinajstić information content (AvgIpc) is 2.97. The molecule has 0 unspecified atom stereocenters. The SMILES string of the molecule is N=C(N)CCCCSc1nnnn1C1CCCC1. The van der Waals surface area contributed by atoms with E-state index in [1.54, 1.807) is 11.8 Å². The third kappa shape index (κ3) is 3.69. The predicted molar refractivity (Wildman–Crippen MR) is 71.8 cm³/mol. The van der Waals surface area contributed by atoms with Gasteiger partial charge in [0.25, 0.3) is 0 Å². The van der Waals surface area contributed by atoms with Crippen molar-refractivity contribution >= 4 is 17.6 Å². The lowest BCUT2D eigenvalue weighted by Crippen LogP contribution is -2.09. The number of hydrogen-bond donors (Lipinski definition) is 2. The van der Waals surface area contributed by atoms with Gasteiger partial charge in [0.1, 0.15) is 0 Å². The van der Waals surface area contributed by atoms with Gasteiger partial charge in [0.2, 0.25) is 5.16 Å². The number of nitrogens with one attached hydrogen (secondary N) is 1. The molecule has 1 heterocycles. The number of nitrogens with two attached hydrogens (primary N) is 1. The van der Waals surface area contributed by atoms with E-state index >= 15 is 0 Å². The van der Waals surface area contributed by atoms with E-state index in [1.165, 1.54) is 25.7 Å². The van der Waals surface area contributed by atoms with E-state index in [0.717, 1.165) is 23.8 Å². The van der Waals surface area contributed by atoms with Crippen molar-refractivity contribution < 1.29 is 0 Å². The molecule has 7 heteroatoms. The van der Waals surface area contributed by atoms with Crippen molar-refractivity contribution in [2.24, 2.45) is 5.73 Å². The zero-order valence-electron chi connectivity index (χ0n) is 10.5. The summed E-state index contributed by atoms with van der Waals surface area (Å²) in [4.78, 5) is 0. The van der Waals surface area contributed by atoms with Gasteiger partial charge < -0.3 is 5.73 Å². The van der Waals surface area contributed by atoms with Crippen molar-refractivity contribution in [1.29, 1.82) is 5.41 Å². The molecule has 0 spiro atoms. The molecule has 1 saturated carbocycles. The van der Waals surface area contributed by atoms with Gasteiger partial charge in [-0.2, -0.15) is 0 Å². The minimum atomic E-state index is 0.274. The summed E-state index contributed by atoms with van der Waals surface area (Å²) in [5.74, 6) is 1.26. The van der Waals surface area contributed by atoms with Gasteiger partial charge >= 0.3 is 0 Å². The van der Waals surface area contributed by atoms with Crippen LogP contribution in [0.4, 0.5) is 0 Å². The van der Waals surface area contributed by atoms with Crippen molar-refractivity contribution in [3.05, 3.63) is 0 Å². The van der Waals surface area contributed by atoms with Crippen LogP contribution in [-0.2, 0) is 0 Å². The fourth-order valence-electron chi connectivity index (χ4n) is 2.24. The number of aromatic nitrogens is 4. The Balaban J connectivity index is 1.75. The van der Waals surface area contributed by atoms with E-state index in [2.05, 4.69) is 15.5 Å². The molecule has 1 aliphatic carbocycles. The lowest BCUT2D eigenvalue weighted by molar-refractivity contribution is 0.423. The Labute approximate surface area is 111 Å². The number of tetrazole rings is 1. The van der Waals surface area contributed by atoms with Crippen LogP contribution in [0.5, 0.6) is 0 Å². The molecule has 0 saturated heterocycles. The Morgan fingerprint density at radius 2 is 2.17 bits per heavy atom. The number of hydrogen-bond acceptors (Lipinski definition) is 5. The van der Waals surface area contributed by atoms with Crippen LogP contribution in [-0.4, -0.2) is 31.8 Å². The van der Waals surface area contributed by atoms with Crippen molar-refractivity contribution in [3.8, 4) is 0 Å². The zero-order valence-corrected chi connectivity index (χ0v) is 11.3. The van der Waals surface area contributed by atoms with Crippen LogP contribution in [0.1, 0.15) is 51.0 Å². The lowest BCUT2D eigenvalue weighted by atomic mass is 10.2. The molecule has 0 bridgehead atoms. The molecule has 6 nitrogen and oxygen atoms in total. The minimum Gasteiger partial charge on any atom is -0.388 e. The van der Waals surface area contributed by atoms with Gasteiger partial charge in [0.05, 0.1) is 11.9 Å². The third-order valence-corrected chi connectivity index (χ3v) is 4.22. The molecule has 100 valence electrons. The molecule has 1 aliphatic rings. The molecule has 0 atom stereocenters. The van der Waals surface area contributed by atoms with Gasteiger partial charge in [0, 0.05) is 12.2 Å². The van der Waals surface area contributed by atoms with E-state index in [1.807, 2.05) is 4.68 Å². The highest BCUT2D eigenvalue weighted by Crippen LogP contribution is 2.31. The van der Waals surface area contributed by atoms with Crippen LogP contribution in [0, 0.1) is 5.41 Å². The van der Waals surface area contributed by atoms with E-state index in [4.69, 9.17) is 11.1 Å². The number of rotatable bonds is 7. The maximum Gasteiger partial charge on any atom is 0.209 e. The average molecular weight is 268 g/mol. The number of nitrogens with zero attached hydrogens (tertiary/aromatic N) is 4. The molecule has 1 fully saturated rings. The summed E-state index contributed by atoms with van der Waals surface area (Å²) < 4.78 is 1.99. The molecule has 1 aromatic heterocycles. The molecule has 1 aromatic rings. The Kier molecular flexibility index (Phi) is 4.98. The largest absolute Gasteiger partial charge is 0.388 e. The van der Waals surface area contributed by atoms with Crippen molar-refractivity contribution in [1.82, 2.24) is 20.2 Å². The normalized spacial score (nSPS) is 16.2. The van der Waals surface area contributed by atoms with E-state index in [-0.39, 0.29) is 5.84 Å². The molecule has 18 heavy (non-hydrogen) atoms. The fraction of sp³-hybridized carbons (Fsp3) is 0.818. The fourth-order valence-corrected chi connectivity index (χ4v) is 3.18. The molecule has 0 aromatic carbocycles. The Morgan fingerprint density at radius 3 is 2.89 bits per heavy atom. The van der Waals surface area contributed by atoms with Crippen LogP contribution < -0.4 is 5.73 Å². The summed E-state index contributed by atoms with van der Waals surface area (Å²) in [5.41, 5.74) is 5.32. The second-order valence-electron chi connectivity index (χ2n) is 4.68. The lowest BCUT2D eigenvalue weighted by Gasteiger charge is -2.10. The van der Waals surface area contributed by atoms with Crippen molar-refractivity contribution in [2.75, 3.05) is 5.75 Å². The standard InChI is InChI=1S/C11H20N6S/c12-10(13)7-3-4-8-18-11-14-15-16-17(11)9-5-1-2-6-9/h9H,1-8H2,(H3,12,13). The first-order valence-corrected chi connectivity index (χ1v) is 7.49. The van der Waals surface area contributed by atoms with Gasteiger partial charge in [-0.3, -0.25) is 5.41 Å². The van der Waals surface area contributed by atoms with Crippen molar-refractivity contribution in [2.45, 2.75) is 56.1 Å². The molecule has 0 aliphatic heterocycles. The van der Waals surface area contributed by atoms with Crippen LogP contribution in [0.25, 0.3) is 0 Å². The number of unbranched alkanes of at least 4 members (excludes halogenated alkanes) is 1. The quantitative estimate of drug-likeness (QED) is 0.341. The summed E-state index contributed by atoms with van der Waals surface area (Å²) in [6, 6.07) is 0.500. The zero-order chi connectivity index (χ0) is 12.8. The Bertz CT molecular complexity index is 385. The third-order valence-electron chi connectivity index (χ3n) is 3.20. The topological polar surface area (TPSA) is 93.5 Å². The molecule has 0 radical (unpaired) electrons.